The zero-order valence-electron chi connectivity index (χ0n) is 7.48. The predicted octanol–water partition coefficient (Wildman–Crippen LogP) is 1.67. The van der Waals surface area contributed by atoms with E-state index in [2.05, 4.69) is 0 Å². The van der Waals surface area contributed by atoms with Crippen molar-refractivity contribution in [1.29, 1.82) is 5.26 Å². The number of rotatable bonds is 1. The molecule has 8 heteroatoms. The van der Waals surface area contributed by atoms with Gasteiger partial charge in [-0.1, -0.05) is 0 Å². The Labute approximate surface area is 85.3 Å². The van der Waals surface area contributed by atoms with E-state index in [0.29, 0.717) is 0 Å². The Morgan fingerprint density at radius 2 is 1.94 bits per heavy atom. The van der Waals surface area contributed by atoms with E-state index in [-0.39, 0.29) is 10.6 Å². The highest BCUT2D eigenvalue weighted by atomic mass is 19.4. The minimum atomic E-state index is -5.13. The van der Waals surface area contributed by atoms with Crippen LogP contribution in [-0.2, 0) is 12.7 Å². The molecule has 1 heterocycles. The zero-order chi connectivity index (χ0) is 12.5. The lowest BCUT2D eigenvalue weighted by atomic mass is 10.2. The van der Waals surface area contributed by atoms with E-state index in [9.17, 15) is 26.7 Å². The molecule has 3 nitrogen and oxygen atoms in total. The first-order valence-corrected chi connectivity index (χ1v) is 3.82. The van der Waals surface area contributed by atoms with Crippen LogP contribution in [-0.4, -0.2) is 4.57 Å². The van der Waals surface area contributed by atoms with Crippen molar-refractivity contribution in [3.8, 4) is 6.07 Å². The fourth-order valence-corrected chi connectivity index (χ4v) is 1.02. The molecule has 0 spiro atoms. The van der Waals surface area contributed by atoms with Gasteiger partial charge in [0, 0.05) is 0 Å². The van der Waals surface area contributed by atoms with E-state index in [0.717, 1.165) is 0 Å². The van der Waals surface area contributed by atoms with Gasteiger partial charge >= 0.3 is 6.18 Å². The second-order valence-electron chi connectivity index (χ2n) is 2.74. The Bertz CT molecular complexity index is 511. The average molecular weight is 238 g/mol. The third-order valence-electron chi connectivity index (χ3n) is 1.71. The van der Waals surface area contributed by atoms with Crippen LogP contribution in [0, 0.1) is 23.1 Å². The van der Waals surface area contributed by atoms with Gasteiger partial charge in [0.1, 0.15) is 12.1 Å². The molecule has 0 saturated carbocycles. The van der Waals surface area contributed by atoms with Crippen molar-refractivity contribution in [3.63, 3.8) is 0 Å². The molecule has 0 aliphatic rings. The van der Waals surface area contributed by atoms with Gasteiger partial charge in [0.05, 0.1) is 6.07 Å². The summed E-state index contributed by atoms with van der Waals surface area (Å²) in [6, 6.07) is 1.03. The molecule has 0 atom stereocenters. The van der Waals surface area contributed by atoms with Crippen LogP contribution in [0.15, 0.2) is 10.9 Å². The summed E-state index contributed by atoms with van der Waals surface area (Å²) in [5.41, 5.74) is -3.52. The van der Waals surface area contributed by atoms with Crippen LogP contribution in [0.3, 0.4) is 0 Å². The summed E-state index contributed by atoms with van der Waals surface area (Å²) in [6.45, 7) is -0.995. The normalized spacial score (nSPS) is 11.2. The van der Waals surface area contributed by atoms with Crippen molar-refractivity contribution >= 4 is 0 Å². The van der Waals surface area contributed by atoms with Crippen molar-refractivity contribution in [2.24, 2.45) is 0 Å². The molecule has 0 aliphatic carbocycles. The zero-order valence-corrected chi connectivity index (χ0v) is 7.48. The second kappa shape index (κ2) is 3.92. The van der Waals surface area contributed by atoms with Gasteiger partial charge in [-0.05, 0) is 6.07 Å². The molecule has 16 heavy (non-hydrogen) atoms. The Balaban J connectivity index is 3.58. The minimum absolute atomic E-state index is 0.210. The van der Waals surface area contributed by atoms with Gasteiger partial charge in [0.15, 0.2) is 5.82 Å². The maximum Gasteiger partial charge on any atom is 0.420 e. The summed E-state index contributed by atoms with van der Waals surface area (Å²) < 4.78 is 62.2. The van der Waals surface area contributed by atoms with Crippen molar-refractivity contribution in [2.45, 2.75) is 12.7 Å². The van der Waals surface area contributed by atoms with Gasteiger partial charge in [-0.2, -0.15) is 22.8 Å². The quantitative estimate of drug-likeness (QED) is 0.551. The van der Waals surface area contributed by atoms with Crippen LogP contribution in [0.5, 0.6) is 0 Å². The molecule has 1 aromatic heterocycles. The number of nitriles is 1. The fraction of sp³-hybridized carbons (Fsp3) is 0.250. The third kappa shape index (κ3) is 2.03. The first kappa shape index (κ1) is 12.2. The van der Waals surface area contributed by atoms with E-state index >= 15 is 0 Å². The summed E-state index contributed by atoms with van der Waals surface area (Å²) in [6.07, 6.45) is -5.13. The van der Waals surface area contributed by atoms with E-state index in [4.69, 9.17) is 5.26 Å². The van der Waals surface area contributed by atoms with Gasteiger partial charge in [0.25, 0.3) is 5.56 Å². The molecule has 0 fully saturated rings. The number of nitrogens with zero attached hydrogens (tertiary/aromatic N) is 2. The smallest absolute Gasteiger partial charge is 0.268 e. The number of hydrogen-bond donors (Lipinski definition) is 0. The van der Waals surface area contributed by atoms with Gasteiger partial charge in [0.2, 0.25) is 5.95 Å². The first-order valence-electron chi connectivity index (χ1n) is 3.82. The van der Waals surface area contributed by atoms with Gasteiger partial charge in [-0.15, -0.1) is 0 Å². The van der Waals surface area contributed by atoms with Crippen LogP contribution in [0.2, 0.25) is 0 Å². The highest BCUT2D eigenvalue weighted by Crippen LogP contribution is 2.30. The van der Waals surface area contributed by atoms with E-state index in [1.807, 2.05) is 0 Å². The highest BCUT2D eigenvalue weighted by molar-refractivity contribution is 5.17. The Kier molecular flexibility index (Phi) is 2.98. The predicted molar refractivity (Wildman–Crippen MR) is 41.2 cm³/mol. The summed E-state index contributed by atoms with van der Waals surface area (Å²) in [5.74, 6) is -3.73. The lowest BCUT2D eigenvalue weighted by Gasteiger charge is -2.11. The summed E-state index contributed by atoms with van der Waals surface area (Å²) >= 11 is 0. The number of hydrogen-bond acceptors (Lipinski definition) is 2. The van der Waals surface area contributed by atoms with Crippen molar-refractivity contribution in [2.75, 3.05) is 0 Å². The summed E-state index contributed by atoms with van der Waals surface area (Å²) in [5, 5.41) is 8.17. The molecule has 0 N–H and O–H groups in total. The molecule has 0 aliphatic heterocycles. The number of halogens is 5. The average Bonchev–Trinajstić information content (AvgIpc) is 2.16. The van der Waals surface area contributed by atoms with Crippen LogP contribution in [0.4, 0.5) is 22.0 Å². The molecule has 0 aromatic carbocycles. The van der Waals surface area contributed by atoms with Crippen molar-refractivity contribution in [3.05, 3.63) is 33.7 Å². The van der Waals surface area contributed by atoms with Crippen molar-refractivity contribution < 1.29 is 22.0 Å². The van der Waals surface area contributed by atoms with Crippen LogP contribution in [0.1, 0.15) is 5.56 Å². The Morgan fingerprint density at radius 3 is 2.38 bits per heavy atom. The standard InChI is InChI=1S/C8H3F5N2O/c9-5-3-4(8(11,12)13)6(10)15(2-1-14)7(5)16/h3H,2H2. The number of alkyl halides is 3. The second-order valence-corrected chi connectivity index (χ2v) is 2.74. The lowest BCUT2D eigenvalue weighted by molar-refractivity contribution is -0.141. The lowest BCUT2D eigenvalue weighted by Crippen LogP contribution is -2.29. The summed E-state index contributed by atoms with van der Waals surface area (Å²) in [4.78, 5) is 10.9. The van der Waals surface area contributed by atoms with E-state index in [1.165, 1.54) is 6.07 Å². The highest BCUT2D eigenvalue weighted by Gasteiger charge is 2.36. The van der Waals surface area contributed by atoms with Gasteiger partial charge < -0.3 is 0 Å². The van der Waals surface area contributed by atoms with Gasteiger partial charge in [-0.3, -0.25) is 9.36 Å². The van der Waals surface area contributed by atoms with E-state index in [1.54, 1.807) is 0 Å². The Hall–Kier alpha value is -1.91. The first-order chi connectivity index (χ1) is 7.29. The summed E-state index contributed by atoms with van der Waals surface area (Å²) in [7, 11) is 0. The van der Waals surface area contributed by atoms with Crippen LogP contribution < -0.4 is 5.56 Å². The third-order valence-corrected chi connectivity index (χ3v) is 1.71. The maximum atomic E-state index is 13.1. The molecule has 0 radical (unpaired) electrons. The molecule has 0 bridgehead atoms. The van der Waals surface area contributed by atoms with Crippen LogP contribution >= 0.6 is 0 Å². The Morgan fingerprint density at radius 1 is 1.38 bits per heavy atom. The molecule has 0 unspecified atom stereocenters. The molecular formula is C8H3F5N2O. The topological polar surface area (TPSA) is 45.8 Å². The molecule has 0 saturated heterocycles. The molecule has 86 valence electrons. The fourth-order valence-electron chi connectivity index (χ4n) is 1.02. The number of aromatic nitrogens is 1. The molecule has 1 aromatic rings. The maximum absolute atomic E-state index is 13.1. The monoisotopic (exact) mass is 238 g/mol. The number of pyridine rings is 1. The largest absolute Gasteiger partial charge is 0.420 e. The van der Waals surface area contributed by atoms with Crippen LogP contribution in [0.25, 0.3) is 0 Å². The SMILES string of the molecule is N#CCn1c(F)c(C(F)(F)F)cc(F)c1=O. The van der Waals surface area contributed by atoms with E-state index < -0.39 is 35.6 Å². The molecule has 1 rings (SSSR count). The van der Waals surface area contributed by atoms with Crippen molar-refractivity contribution in [1.82, 2.24) is 4.57 Å². The molecular weight excluding hydrogens is 235 g/mol. The minimum Gasteiger partial charge on any atom is -0.268 e. The van der Waals surface area contributed by atoms with Gasteiger partial charge in [-0.25, -0.2) is 4.39 Å². The molecule has 0 amide bonds.